The number of aryl methyl sites for hydroxylation is 3. The molecule has 9 heteroatoms. The zero-order valence-corrected chi connectivity index (χ0v) is 17.1. The highest BCUT2D eigenvalue weighted by atomic mass is 16.6. The summed E-state index contributed by atoms with van der Waals surface area (Å²) in [4.78, 5) is 27.9. The van der Waals surface area contributed by atoms with Crippen LogP contribution in [-0.2, 0) is 14.1 Å². The van der Waals surface area contributed by atoms with E-state index in [9.17, 15) is 14.9 Å². The number of hydrogen-bond donors (Lipinski definition) is 1. The summed E-state index contributed by atoms with van der Waals surface area (Å²) in [5.74, 6) is -0.133. The Labute approximate surface area is 168 Å². The molecule has 2 aromatic heterocycles. The van der Waals surface area contributed by atoms with Crippen molar-refractivity contribution < 1.29 is 9.72 Å². The highest BCUT2D eigenvalue weighted by Crippen LogP contribution is 2.33. The fourth-order valence-electron chi connectivity index (χ4n) is 3.52. The van der Waals surface area contributed by atoms with Gasteiger partial charge in [-0.15, -0.1) is 0 Å². The maximum atomic E-state index is 12.7. The highest BCUT2D eigenvalue weighted by Gasteiger charge is 2.24. The molecule has 0 radical (unpaired) electrons. The van der Waals surface area contributed by atoms with Crippen molar-refractivity contribution in [3.8, 4) is 0 Å². The van der Waals surface area contributed by atoms with Gasteiger partial charge in [0, 0.05) is 49.4 Å². The molecule has 0 saturated heterocycles. The van der Waals surface area contributed by atoms with E-state index in [0.29, 0.717) is 5.69 Å². The van der Waals surface area contributed by atoms with Gasteiger partial charge in [0.1, 0.15) is 5.69 Å². The molecule has 152 valence electrons. The van der Waals surface area contributed by atoms with Crippen molar-refractivity contribution in [2.75, 3.05) is 5.32 Å². The number of anilines is 1. The van der Waals surface area contributed by atoms with E-state index in [0.717, 1.165) is 23.4 Å². The van der Waals surface area contributed by atoms with Gasteiger partial charge in [-0.3, -0.25) is 19.6 Å². The lowest BCUT2D eigenvalue weighted by Crippen LogP contribution is -2.14. The number of benzene rings is 1. The molecule has 0 aliphatic heterocycles. The molecule has 0 aliphatic rings. The monoisotopic (exact) mass is 396 g/mol. The molecular weight excluding hydrogens is 372 g/mol. The van der Waals surface area contributed by atoms with Crippen molar-refractivity contribution in [2.24, 2.45) is 14.1 Å². The Bertz CT molecular complexity index is 1080. The summed E-state index contributed by atoms with van der Waals surface area (Å²) in [6.07, 6.45) is 3.89. The van der Waals surface area contributed by atoms with Crippen LogP contribution in [0.25, 0.3) is 0 Å². The first-order chi connectivity index (χ1) is 13.7. The predicted molar refractivity (Wildman–Crippen MR) is 109 cm³/mol. The molecule has 1 atom stereocenters. The molecule has 9 nitrogen and oxygen atoms in total. The lowest BCUT2D eigenvalue weighted by molar-refractivity contribution is -0.384. The molecule has 1 unspecified atom stereocenters. The molecule has 0 fully saturated rings. The number of imidazole rings is 1. The summed E-state index contributed by atoms with van der Waals surface area (Å²) in [6.45, 7) is 5.91. The summed E-state index contributed by atoms with van der Waals surface area (Å²) in [6, 6.07) is 4.33. The van der Waals surface area contributed by atoms with Crippen LogP contribution in [0.2, 0.25) is 0 Å². The first-order valence-electron chi connectivity index (χ1n) is 9.31. The fourth-order valence-corrected chi connectivity index (χ4v) is 3.52. The lowest BCUT2D eigenvalue weighted by Gasteiger charge is -2.19. The molecule has 3 aromatic rings. The van der Waals surface area contributed by atoms with Gasteiger partial charge in [0.25, 0.3) is 5.69 Å². The van der Waals surface area contributed by atoms with Gasteiger partial charge < -0.3 is 9.88 Å². The maximum absolute atomic E-state index is 12.7. The summed E-state index contributed by atoms with van der Waals surface area (Å²) in [7, 11) is 3.58. The molecular formula is C20H24N6O3. The van der Waals surface area contributed by atoms with Crippen molar-refractivity contribution in [3.05, 3.63) is 69.0 Å². The molecule has 0 aliphatic carbocycles. The molecule has 2 heterocycles. The van der Waals surface area contributed by atoms with Crippen molar-refractivity contribution in [3.63, 3.8) is 0 Å². The number of hydrogen-bond acceptors (Lipinski definition) is 6. The zero-order valence-electron chi connectivity index (χ0n) is 17.1. The minimum absolute atomic E-state index is 0.140. The molecule has 0 saturated carbocycles. The van der Waals surface area contributed by atoms with Gasteiger partial charge in [-0.2, -0.15) is 5.10 Å². The number of carbonyl (C=O) groups excluding carboxylic acids is 1. The van der Waals surface area contributed by atoms with Crippen molar-refractivity contribution in [1.82, 2.24) is 19.3 Å². The van der Waals surface area contributed by atoms with Crippen LogP contribution in [0.3, 0.4) is 0 Å². The topological polar surface area (TPSA) is 108 Å². The first-order valence-corrected chi connectivity index (χ1v) is 9.31. The summed E-state index contributed by atoms with van der Waals surface area (Å²) in [5.41, 5.74) is 3.35. The number of ketones is 1. The van der Waals surface area contributed by atoms with E-state index in [4.69, 9.17) is 0 Å². The number of nitro benzene ring substituents is 1. The van der Waals surface area contributed by atoms with Crippen LogP contribution in [-0.4, -0.2) is 30.0 Å². The number of nitrogens with one attached hydrogen (secondary N) is 1. The molecule has 0 spiro atoms. The smallest absolute Gasteiger partial charge is 0.293 e. The van der Waals surface area contributed by atoms with Crippen LogP contribution in [0.1, 0.15) is 52.5 Å². The van der Waals surface area contributed by atoms with Crippen LogP contribution >= 0.6 is 0 Å². The summed E-state index contributed by atoms with van der Waals surface area (Å²) >= 11 is 0. The van der Waals surface area contributed by atoms with E-state index in [2.05, 4.69) is 15.4 Å². The van der Waals surface area contributed by atoms with Gasteiger partial charge in [0.15, 0.2) is 5.82 Å². The normalized spacial score (nSPS) is 12.0. The molecule has 1 aromatic carbocycles. The molecule has 0 bridgehead atoms. The van der Waals surface area contributed by atoms with Gasteiger partial charge in [-0.05, 0) is 32.4 Å². The average Bonchev–Trinajstić information content (AvgIpc) is 3.22. The van der Waals surface area contributed by atoms with Crippen LogP contribution < -0.4 is 5.32 Å². The maximum Gasteiger partial charge on any atom is 0.293 e. The second kappa shape index (κ2) is 7.86. The summed E-state index contributed by atoms with van der Waals surface area (Å²) < 4.78 is 3.39. The second-order valence-electron chi connectivity index (χ2n) is 6.99. The van der Waals surface area contributed by atoms with E-state index in [1.54, 1.807) is 34.6 Å². The average molecular weight is 396 g/mol. The number of nitrogens with zero attached hydrogens (tertiary/aromatic N) is 5. The summed E-state index contributed by atoms with van der Waals surface area (Å²) in [5, 5.41) is 19.4. The van der Waals surface area contributed by atoms with Crippen LogP contribution in [0, 0.1) is 24.0 Å². The van der Waals surface area contributed by atoms with Crippen LogP contribution in [0.4, 0.5) is 11.4 Å². The van der Waals surface area contributed by atoms with Crippen molar-refractivity contribution in [1.29, 1.82) is 0 Å². The van der Waals surface area contributed by atoms with E-state index < -0.39 is 4.92 Å². The first kappa shape index (κ1) is 20.2. The van der Waals surface area contributed by atoms with E-state index in [1.165, 1.54) is 12.3 Å². The zero-order chi connectivity index (χ0) is 21.3. The van der Waals surface area contributed by atoms with Gasteiger partial charge in [0.2, 0.25) is 5.78 Å². The van der Waals surface area contributed by atoms with Gasteiger partial charge in [0.05, 0.1) is 16.7 Å². The number of rotatable bonds is 7. The predicted octanol–water partition coefficient (Wildman–Crippen LogP) is 3.47. The fraction of sp³-hybridized carbons (Fsp3) is 0.350. The Morgan fingerprint density at radius 1 is 1.31 bits per heavy atom. The van der Waals surface area contributed by atoms with Gasteiger partial charge >= 0.3 is 0 Å². The number of aromatic nitrogens is 4. The van der Waals surface area contributed by atoms with E-state index >= 15 is 0 Å². The highest BCUT2D eigenvalue weighted by molar-refractivity contribution is 6.07. The molecule has 3 rings (SSSR count). The van der Waals surface area contributed by atoms with Gasteiger partial charge in [-0.25, -0.2) is 4.98 Å². The van der Waals surface area contributed by atoms with E-state index in [1.807, 2.05) is 27.8 Å². The Kier molecular flexibility index (Phi) is 5.49. The van der Waals surface area contributed by atoms with Crippen molar-refractivity contribution in [2.45, 2.75) is 33.2 Å². The Balaban J connectivity index is 1.98. The third kappa shape index (κ3) is 3.75. The third-order valence-corrected chi connectivity index (χ3v) is 5.13. The van der Waals surface area contributed by atoms with Gasteiger partial charge in [-0.1, -0.05) is 6.92 Å². The number of carbonyl (C=O) groups is 1. The quantitative estimate of drug-likeness (QED) is 0.372. The van der Waals surface area contributed by atoms with E-state index in [-0.39, 0.29) is 28.9 Å². The molecule has 29 heavy (non-hydrogen) atoms. The largest absolute Gasteiger partial charge is 0.373 e. The Morgan fingerprint density at radius 2 is 2.03 bits per heavy atom. The third-order valence-electron chi connectivity index (χ3n) is 5.13. The minimum Gasteiger partial charge on any atom is -0.373 e. The number of nitro groups is 1. The standard InChI is InChI=1S/C20H24N6O3/c1-6-15(18-12(2)23-25(5)13(18)3)22-16-8-7-14(11-17(16)26(28)29)19(27)20-21-9-10-24(20)4/h7-11,15,22H,6H2,1-5H3. The SMILES string of the molecule is CCC(Nc1ccc(C(=O)c2nccn2C)cc1[N+](=O)[O-])c1c(C)nn(C)c1C. The Hall–Kier alpha value is -3.49. The lowest BCUT2D eigenvalue weighted by atomic mass is 10.0. The van der Waals surface area contributed by atoms with Crippen LogP contribution in [0.5, 0.6) is 0 Å². The second-order valence-corrected chi connectivity index (χ2v) is 6.99. The Morgan fingerprint density at radius 3 is 2.55 bits per heavy atom. The van der Waals surface area contributed by atoms with Crippen molar-refractivity contribution >= 4 is 17.2 Å². The van der Waals surface area contributed by atoms with Crippen LogP contribution in [0.15, 0.2) is 30.6 Å². The minimum atomic E-state index is -0.479. The molecule has 1 N–H and O–H groups in total. The molecule has 0 amide bonds.